The van der Waals surface area contributed by atoms with E-state index in [4.69, 9.17) is 9.47 Å². The van der Waals surface area contributed by atoms with E-state index in [9.17, 15) is 9.59 Å². The van der Waals surface area contributed by atoms with Crippen LogP contribution in [-0.2, 0) is 14.3 Å². The maximum absolute atomic E-state index is 12.0. The first-order valence-corrected chi connectivity index (χ1v) is 7.14. The largest absolute Gasteiger partial charge is 0.433 e. The average molecular weight is 309 g/mol. The maximum atomic E-state index is 12.0. The predicted molar refractivity (Wildman–Crippen MR) is 84.1 cm³/mol. The second-order valence-electron chi connectivity index (χ2n) is 5.06. The fourth-order valence-corrected chi connectivity index (χ4v) is 2.24. The fraction of sp³-hybridized carbons (Fsp3) is 0.111. The molecule has 1 heterocycles. The number of benzene rings is 2. The van der Waals surface area contributed by atoms with E-state index in [0.717, 1.165) is 11.1 Å². The van der Waals surface area contributed by atoms with Crippen molar-refractivity contribution in [2.75, 3.05) is 0 Å². The first kappa shape index (κ1) is 14.8. The smallest absolute Gasteiger partial charge is 0.356 e. The third-order valence-corrected chi connectivity index (χ3v) is 3.29. The molecule has 1 N–H and O–H groups in total. The van der Waals surface area contributed by atoms with Crippen LogP contribution in [-0.4, -0.2) is 11.9 Å². The normalized spacial score (nSPS) is 18.4. The van der Waals surface area contributed by atoms with Gasteiger partial charge in [0.2, 0.25) is 0 Å². The predicted octanol–water partition coefficient (Wildman–Crippen LogP) is 2.80. The standard InChI is InChI=1S/C18H15NO4/c1-12(20)22-15-9-7-13(8-10-15)11-16-18(21)23-17(19-16)14-5-3-2-4-6-14/h2-11,17,19H,1H3/b16-11+. The Balaban J connectivity index is 1.75. The molecule has 1 aliphatic rings. The molecule has 0 saturated carbocycles. The number of ether oxygens (including phenoxy) is 2. The summed E-state index contributed by atoms with van der Waals surface area (Å²) < 4.78 is 10.3. The van der Waals surface area contributed by atoms with Crippen molar-refractivity contribution in [3.63, 3.8) is 0 Å². The summed E-state index contributed by atoms with van der Waals surface area (Å²) in [5.74, 6) is -0.311. The zero-order valence-electron chi connectivity index (χ0n) is 12.5. The lowest BCUT2D eigenvalue weighted by Gasteiger charge is -2.08. The van der Waals surface area contributed by atoms with Crippen LogP contribution in [0.15, 0.2) is 60.3 Å². The molecule has 1 atom stereocenters. The minimum atomic E-state index is -0.477. The van der Waals surface area contributed by atoms with Crippen LogP contribution in [0, 0.1) is 0 Å². The van der Waals surface area contributed by atoms with Crippen LogP contribution in [0.2, 0.25) is 0 Å². The van der Waals surface area contributed by atoms with Gasteiger partial charge >= 0.3 is 11.9 Å². The maximum Gasteiger partial charge on any atom is 0.356 e. The number of carbonyl (C=O) groups is 2. The molecule has 0 amide bonds. The van der Waals surface area contributed by atoms with Gasteiger partial charge in [-0.25, -0.2) is 4.79 Å². The van der Waals surface area contributed by atoms with Gasteiger partial charge in [0, 0.05) is 12.5 Å². The first-order chi connectivity index (χ1) is 11.1. The van der Waals surface area contributed by atoms with Gasteiger partial charge in [0.05, 0.1) is 0 Å². The number of nitrogens with one attached hydrogen (secondary N) is 1. The molecule has 5 heteroatoms. The van der Waals surface area contributed by atoms with Gasteiger partial charge in [0.15, 0.2) is 6.23 Å². The fourth-order valence-electron chi connectivity index (χ4n) is 2.24. The van der Waals surface area contributed by atoms with E-state index in [-0.39, 0.29) is 5.97 Å². The summed E-state index contributed by atoms with van der Waals surface area (Å²) in [5, 5.41) is 3.06. The van der Waals surface area contributed by atoms with Gasteiger partial charge in [0.25, 0.3) is 0 Å². The number of hydrogen-bond acceptors (Lipinski definition) is 5. The molecule has 2 aromatic rings. The van der Waals surface area contributed by atoms with Crippen molar-refractivity contribution in [3.05, 3.63) is 71.4 Å². The molecule has 1 aliphatic heterocycles. The molecule has 1 fully saturated rings. The molecule has 0 bridgehead atoms. The Bertz CT molecular complexity index is 750. The van der Waals surface area contributed by atoms with Crippen LogP contribution >= 0.6 is 0 Å². The Morgan fingerprint density at radius 3 is 2.48 bits per heavy atom. The summed E-state index contributed by atoms with van der Waals surface area (Å²) in [4.78, 5) is 22.8. The lowest BCUT2D eigenvalue weighted by atomic mass is 10.2. The van der Waals surface area contributed by atoms with Crippen molar-refractivity contribution >= 4 is 18.0 Å². The lowest BCUT2D eigenvalue weighted by molar-refractivity contribution is -0.139. The average Bonchev–Trinajstić information content (AvgIpc) is 2.91. The highest BCUT2D eigenvalue weighted by atomic mass is 16.6. The summed E-state index contributed by atoms with van der Waals surface area (Å²) in [6.07, 6.45) is 1.22. The lowest BCUT2D eigenvalue weighted by Crippen LogP contribution is -2.12. The summed E-state index contributed by atoms with van der Waals surface area (Å²) in [5.41, 5.74) is 2.07. The Morgan fingerprint density at radius 2 is 1.83 bits per heavy atom. The van der Waals surface area contributed by atoms with Gasteiger partial charge in [0.1, 0.15) is 11.4 Å². The van der Waals surface area contributed by atoms with Crippen molar-refractivity contribution in [3.8, 4) is 5.75 Å². The Labute approximate surface area is 133 Å². The third kappa shape index (κ3) is 3.58. The SMILES string of the molecule is CC(=O)Oc1ccc(/C=C2/NC(c3ccccc3)OC2=O)cc1. The number of cyclic esters (lactones) is 1. The Hall–Kier alpha value is -3.08. The van der Waals surface area contributed by atoms with Gasteiger partial charge in [-0.05, 0) is 23.8 Å². The minimum absolute atomic E-state index is 0.372. The van der Waals surface area contributed by atoms with Crippen molar-refractivity contribution in [1.82, 2.24) is 5.32 Å². The Kier molecular flexibility index (Phi) is 4.10. The molecule has 116 valence electrons. The van der Waals surface area contributed by atoms with Gasteiger partial charge in [-0.2, -0.15) is 0 Å². The monoisotopic (exact) mass is 309 g/mol. The molecule has 1 saturated heterocycles. The number of carbonyl (C=O) groups excluding carboxylic acids is 2. The minimum Gasteiger partial charge on any atom is -0.433 e. The molecule has 5 nitrogen and oxygen atoms in total. The van der Waals surface area contributed by atoms with E-state index < -0.39 is 12.2 Å². The van der Waals surface area contributed by atoms with Gasteiger partial charge in [-0.3, -0.25) is 4.79 Å². The topological polar surface area (TPSA) is 64.6 Å². The summed E-state index contributed by atoms with van der Waals surface area (Å²) in [6.45, 7) is 1.35. The Morgan fingerprint density at radius 1 is 1.13 bits per heavy atom. The van der Waals surface area contributed by atoms with Gasteiger partial charge < -0.3 is 14.8 Å². The van der Waals surface area contributed by atoms with Crippen molar-refractivity contribution in [2.45, 2.75) is 13.2 Å². The highest BCUT2D eigenvalue weighted by Crippen LogP contribution is 2.24. The molecule has 0 aromatic heterocycles. The second kappa shape index (κ2) is 6.36. The summed E-state index contributed by atoms with van der Waals surface area (Å²) >= 11 is 0. The highest BCUT2D eigenvalue weighted by Gasteiger charge is 2.28. The van der Waals surface area contributed by atoms with Crippen LogP contribution in [0.4, 0.5) is 0 Å². The molecule has 23 heavy (non-hydrogen) atoms. The molecule has 0 radical (unpaired) electrons. The van der Waals surface area contributed by atoms with E-state index in [1.54, 1.807) is 30.3 Å². The zero-order chi connectivity index (χ0) is 16.2. The van der Waals surface area contributed by atoms with Crippen LogP contribution < -0.4 is 10.1 Å². The van der Waals surface area contributed by atoms with Gasteiger partial charge in [-0.1, -0.05) is 42.5 Å². The third-order valence-electron chi connectivity index (χ3n) is 3.29. The summed E-state index contributed by atoms with van der Waals surface area (Å²) in [7, 11) is 0. The number of esters is 2. The summed E-state index contributed by atoms with van der Waals surface area (Å²) in [6, 6.07) is 16.3. The van der Waals surface area contributed by atoms with E-state index >= 15 is 0 Å². The van der Waals surface area contributed by atoms with Crippen LogP contribution in [0.25, 0.3) is 6.08 Å². The number of hydrogen-bond donors (Lipinski definition) is 1. The van der Waals surface area contributed by atoms with E-state index in [1.165, 1.54) is 6.92 Å². The molecular weight excluding hydrogens is 294 g/mol. The van der Waals surface area contributed by atoms with E-state index in [1.807, 2.05) is 30.3 Å². The first-order valence-electron chi connectivity index (χ1n) is 7.14. The zero-order valence-corrected chi connectivity index (χ0v) is 12.5. The molecule has 3 rings (SSSR count). The van der Waals surface area contributed by atoms with E-state index in [2.05, 4.69) is 5.32 Å². The second-order valence-corrected chi connectivity index (χ2v) is 5.06. The van der Waals surface area contributed by atoms with Crippen LogP contribution in [0.3, 0.4) is 0 Å². The molecular formula is C18H15NO4. The van der Waals surface area contributed by atoms with Gasteiger partial charge in [-0.15, -0.1) is 0 Å². The van der Waals surface area contributed by atoms with Crippen LogP contribution in [0.5, 0.6) is 5.75 Å². The molecule has 1 unspecified atom stereocenters. The molecule has 0 spiro atoms. The molecule has 2 aromatic carbocycles. The molecule has 0 aliphatic carbocycles. The van der Waals surface area contributed by atoms with Crippen LogP contribution in [0.1, 0.15) is 24.3 Å². The quantitative estimate of drug-likeness (QED) is 0.536. The van der Waals surface area contributed by atoms with Crippen molar-refractivity contribution in [1.29, 1.82) is 0 Å². The van der Waals surface area contributed by atoms with E-state index in [0.29, 0.717) is 11.4 Å². The highest BCUT2D eigenvalue weighted by molar-refractivity contribution is 5.94. The van der Waals surface area contributed by atoms with Crippen molar-refractivity contribution < 1.29 is 19.1 Å². The number of rotatable bonds is 3. The van der Waals surface area contributed by atoms with Crippen molar-refractivity contribution in [2.24, 2.45) is 0 Å².